The lowest BCUT2D eigenvalue weighted by molar-refractivity contribution is -0.114. The number of nitrogens with zero attached hydrogens (tertiary/aromatic N) is 1. The lowest BCUT2D eigenvalue weighted by Crippen LogP contribution is -2.13. The molecule has 1 aromatic heterocycles. The third-order valence-electron chi connectivity index (χ3n) is 4.45. The summed E-state index contributed by atoms with van der Waals surface area (Å²) < 4.78 is 28.2. The minimum absolute atomic E-state index is 0.0463. The number of carbonyl (C=O) groups is 1. The Hall–Kier alpha value is -3.36. The molecule has 1 amide bonds. The minimum Gasteiger partial charge on any atom is -0.326 e. The van der Waals surface area contributed by atoms with Gasteiger partial charge in [-0.15, -0.1) is 0 Å². The van der Waals surface area contributed by atoms with Crippen LogP contribution in [0.25, 0.3) is 22.0 Å². The van der Waals surface area contributed by atoms with E-state index in [9.17, 15) is 13.2 Å². The fourth-order valence-corrected chi connectivity index (χ4v) is 4.36. The summed E-state index contributed by atoms with van der Waals surface area (Å²) in [5.41, 5.74) is 2.80. The highest BCUT2D eigenvalue weighted by molar-refractivity contribution is 7.92. The smallest absolute Gasteiger partial charge is 0.263 e. The van der Waals surface area contributed by atoms with Gasteiger partial charge in [0.05, 0.1) is 15.4 Å². The summed E-state index contributed by atoms with van der Waals surface area (Å²) >= 11 is 6.41. The monoisotopic (exact) mass is 440 g/mol. The van der Waals surface area contributed by atoms with Crippen LogP contribution < -0.4 is 10.0 Å². The molecule has 0 saturated carbocycles. The quantitative estimate of drug-likeness (QED) is 0.420. The second-order valence-electron chi connectivity index (χ2n) is 6.63. The molecule has 30 heavy (non-hydrogen) atoms. The van der Waals surface area contributed by atoms with Gasteiger partial charge in [0.15, 0.2) is 5.82 Å². The van der Waals surface area contributed by atoms with Gasteiger partial charge in [0, 0.05) is 23.6 Å². The molecule has 0 aliphatic rings. The van der Waals surface area contributed by atoms with Gasteiger partial charge in [0.2, 0.25) is 5.91 Å². The second kappa shape index (κ2) is 7.81. The highest BCUT2D eigenvalue weighted by Gasteiger charge is 2.19. The molecule has 0 aliphatic heterocycles. The van der Waals surface area contributed by atoms with Crippen molar-refractivity contribution in [3.63, 3.8) is 0 Å². The molecule has 0 aliphatic carbocycles. The Labute approximate surface area is 178 Å². The maximum absolute atomic E-state index is 12.8. The van der Waals surface area contributed by atoms with Crippen LogP contribution in [-0.4, -0.2) is 24.5 Å². The van der Waals surface area contributed by atoms with Crippen molar-refractivity contribution in [3.05, 3.63) is 71.8 Å². The Morgan fingerprint density at radius 2 is 1.73 bits per heavy atom. The van der Waals surface area contributed by atoms with Gasteiger partial charge in [-0.25, -0.2) is 8.42 Å². The van der Waals surface area contributed by atoms with Crippen molar-refractivity contribution in [2.45, 2.75) is 11.8 Å². The van der Waals surface area contributed by atoms with Gasteiger partial charge >= 0.3 is 0 Å². The number of aromatic nitrogens is 2. The zero-order chi connectivity index (χ0) is 21.3. The predicted octanol–water partition coefficient (Wildman–Crippen LogP) is 4.64. The summed E-state index contributed by atoms with van der Waals surface area (Å²) in [6.07, 6.45) is 0. The van der Waals surface area contributed by atoms with Gasteiger partial charge in [-0.2, -0.15) is 5.10 Å². The molecule has 1 heterocycles. The molecule has 7 nitrogen and oxygen atoms in total. The molecule has 0 atom stereocenters. The first-order chi connectivity index (χ1) is 14.3. The first-order valence-electron chi connectivity index (χ1n) is 8.97. The fourth-order valence-electron chi connectivity index (χ4n) is 3.06. The molecular formula is C21H17ClN4O3S. The zero-order valence-corrected chi connectivity index (χ0v) is 17.4. The Balaban J connectivity index is 1.69. The van der Waals surface area contributed by atoms with E-state index >= 15 is 0 Å². The number of amides is 1. The van der Waals surface area contributed by atoms with Crippen molar-refractivity contribution < 1.29 is 13.2 Å². The molecule has 152 valence electrons. The summed E-state index contributed by atoms with van der Waals surface area (Å²) in [5, 5.41) is 10.6. The van der Waals surface area contributed by atoms with Crippen LogP contribution in [0.4, 0.5) is 11.5 Å². The lowest BCUT2D eigenvalue weighted by atomic mass is 10.0. The average molecular weight is 441 g/mol. The van der Waals surface area contributed by atoms with Crippen LogP contribution in [0.2, 0.25) is 5.02 Å². The van der Waals surface area contributed by atoms with Crippen LogP contribution in [0.5, 0.6) is 0 Å². The van der Waals surface area contributed by atoms with E-state index in [0.717, 1.165) is 11.1 Å². The molecular weight excluding hydrogens is 424 g/mol. The summed E-state index contributed by atoms with van der Waals surface area (Å²) in [6.45, 7) is 1.38. The number of H-pyrrole nitrogens is 1. The number of rotatable bonds is 5. The zero-order valence-electron chi connectivity index (χ0n) is 15.8. The largest absolute Gasteiger partial charge is 0.326 e. The number of halogens is 1. The Morgan fingerprint density at radius 3 is 2.40 bits per heavy atom. The Morgan fingerprint density at radius 1 is 1.03 bits per heavy atom. The second-order valence-corrected chi connectivity index (χ2v) is 8.72. The molecule has 4 aromatic rings. The molecule has 0 radical (unpaired) electrons. The normalized spacial score (nSPS) is 11.4. The molecule has 3 aromatic carbocycles. The number of fused-ring (bicyclic) bond motifs is 1. The predicted molar refractivity (Wildman–Crippen MR) is 118 cm³/mol. The van der Waals surface area contributed by atoms with Crippen LogP contribution in [0, 0.1) is 0 Å². The molecule has 9 heteroatoms. The summed E-state index contributed by atoms with van der Waals surface area (Å²) in [7, 11) is -3.89. The van der Waals surface area contributed by atoms with E-state index < -0.39 is 10.0 Å². The van der Waals surface area contributed by atoms with Gasteiger partial charge in [-0.05, 0) is 42.0 Å². The third-order valence-corrected chi connectivity index (χ3v) is 6.12. The highest BCUT2D eigenvalue weighted by Crippen LogP contribution is 2.34. The van der Waals surface area contributed by atoms with Crippen molar-refractivity contribution in [1.29, 1.82) is 0 Å². The number of sulfonamides is 1. The van der Waals surface area contributed by atoms with Gasteiger partial charge in [-0.1, -0.05) is 41.9 Å². The molecule has 0 unspecified atom stereocenters. The summed E-state index contributed by atoms with van der Waals surface area (Å²) in [4.78, 5) is 11.2. The maximum atomic E-state index is 12.8. The topological polar surface area (TPSA) is 104 Å². The highest BCUT2D eigenvalue weighted by atomic mass is 35.5. The van der Waals surface area contributed by atoms with Gasteiger partial charge < -0.3 is 5.32 Å². The van der Waals surface area contributed by atoms with Gasteiger partial charge in [0.1, 0.15) is 0 Å². The van der Waals surface area contributed by atoms with Crippen molar-refractivity contribution in [2.24, 2.45) is 0 Å². The first kappa shape index (κ1) is 19.9. The van der Waals surface area contributed by atoms with Crippen LogP contribution in [0.3, 0.4) is 0 Å². The standard InChI is InChI=1S/C21H17ClN4O3S/c1-13(27)23-15-7-9-16(10-8-15)30(28,29)26-21-18-11-17(14-5-3-2-4-6-14)19(22)12-20(18)24-25-21/h2-12H,1H3,(H,23,27)(H2,24,25,26). The van der Waals surface area contributed by atoms with E-state index in [4.69, 9.17) is 11.6 Å². The van der Waals surface area contributed by atoms with Crippen LogP contribution >= 0.6 is 11.6 Å². The number of hydrogen-bond acceptors (Lipinski definition) is 4. The first-order valence-corrected chi connectivity index (χ1v) is 10.8. The molecule has 0 fully saturated rings. The fraction of sp³-hybridized carbons (Fsp3) is 0.0476. The lowest BCUT2D eigenvalue weighted by Gasteiger charge is -2.09. The van der Waals surface area contributed by atoms with Crippen LogP contribution in [0.1, 0.15) is 6.92 Å². The molecule has 3 N–H and O–H groups in total. The van der Waals surface area contributed by atoms with E-state index in [1.165, 1.54) is 31.2 Å². The van der Waals surface area contributed by atoms with Crippen molar-refractivity contribution in [2.75, 3.05) is 10.0 Å². The average Bonchev–Trinajstić information content (AvgIpc) is 3.08. The third kappa shape index (κ3) is 4.00. The summed E-state index contributed by atoms with van der Waals surface area (Å²) in [6, 6.07) is 18.9. The van der Waals surface area contributed by atoms with Crippen molar-refractivity contribution in [3.8, 4) is 11.1 Å². The maximum Gasteiger partial charge on any atom is 0.263 e. The molecule has 0 spiro atoms. The number of carbonyl (C=O) groups excluding carboxylic acids is 1. The Bertz CT molecular complexity index is 1330. The Kier molecular flexibility index (Phi) is 5.19. The van der Waals surface area contributed by atoms with Gasteiger partial charge in [0.25, 0.3) is 10.0 Å². The number of nitrogens with one attached hydrogen (secondary N) is 3. The summed E-state index contributed by atoms with van der Waals surface area (Å²) in [5.74, 6) is -0.0654. The molecule has 4 rings (SSSR count). The van der Waals surface area contributed by atoms with Crippen LogP contribution in [-0.2, 0) is 14.8 Å². The van der Waals surface area contributed by atoms with E-state index in [1.807, 2.05) is 30.3 Å². The van der Waals surface area contributed by atoms with Crippen LogP contribution in [0.15, 0.2) is 71.6 Å². The van der Waals surface area contributed by atoms with E-state index in [0.29, 0.717) is 21.6 Å². The molecule has 0 bridgehead atoms. The number of anilines is 2. The molecule has 0 saturated heterocycles. The van der Waals surface area contributed by atoms with Crippen molar-refractivity contribution >= 4 is 49.9 Å². The number of aromatic amines is 1. The van der Waals surface area contributed by atoms with E-state index in [-0.39, 0.29) is 16.6 Å². The van der Waals surface area contributed by atoms with Crippen molar-refractivity contribution in [1.82, 2.24) is 10.2 Å². The minimum atomic E-state index is -3.89. The number of hydrogen-bond donors (Lipinski definition) is 3. The SMILES string of the molecule is CC(=O)Nc1ccc(S(=O)(=O)Nc2n[nH]c3cc(Cl)c(-c4ccccc4)cc23)cc1. The van der Waals surface area contributed by atoms with E-state index in [1.54, 1.807) is 12.1 Å². The van der Waals surface area contributed by atoms with E-state index in [2.05, 4.69) is 20.2 Å². The van der Waals surface area contributed by atoms with Gasteiger partial charge in [-0.3, -0.25) is 14.6 Å². The number of benzene rings is 3.